The molecule has 4 heterocycles. The number of phenolic OH excluding ortho intramolecular Hbond substituents is 1. The molecule has 8 heteroatoms. The van der Waals surface area contributed by atoms with E-state index in [4.69, 9.17) is 9.47 Å². The van der Waals surface area contributed by atoms with Gasteiger partial charge in [-0.25, -0.2) is 0 Å². The van der Waals surface area contributed by atoms with E-state index in [1.54, 1.807) is 17.0 Å². The summed E-state index contributed by atoms with van der Waals surface area (Å²) < 4.78 is 11.4. The molecule has 0 radical (unpaired) electrons. The van der Waals surface area contributed by atoms with Gasteiger partial charge in [-0.05, 0) is 36.3 Å². The van der Waals surface area contributed by atoms with Crippen LogP contribution in [0.1, 0.15) is 29.6 Å². The van der Waals surface area contributed by atoms with E-state index in [9.17, 15) is 9.90 Å². The van der Waals surface area contributed by atoms with Crippen molar-refractivity contribution in [3.63, 3.8) is 0 Å². The van der Waals surface area contributed by atoms with Crippen molar-refractivity contribution in [3.05, 3.63) is 54.2 Å². The van der Waals surface area contributed by atoms with Crippen molar-refractivity contribution in [2.45, 2.75) is 18.4 Å². The van der Waals surface area contributed by atoms with E-state index < -0.39 is 0 Å². The number of phenols is 1. The van der Waals surface area contributed by atoms with E-state index in [1.807, 2.05) is 18.2 Å². The fourth-order valence-corrected chi connectivity index (χ4v) is 4.54. The molecule has 2 fully saturated rings. The number of aromatic nitrogens is 3. The third kappa shape index (κ3) is 3.47. The Morgan fingerprint density at radius 3 is 2.84 bits per heavy atom. The summed E-state index contributed by atoms with van der Waals surface area (Å²) in [7, 11) is 0. The first-order valence-electron chi connectivity index (χ1n) is 10.4. The van der Waals surface area contributed by atoms with Crippen LogP contribution in [0.15, 0.2) is 43.0 Å². The van der Waals surface area contributed by atoms with Gasteiger partial charge < -0.3 is 24.5 Å². The van der Waals surface area contributed by atoms with Gasteiger partial charge in [0.1, 0.15) is 5.75 Å². The molecule has 8 nitrogen and oxygen atoms in total. The number of carbonyl (C=O) groups excluding carboxylic acids is 1. The van der Waals surface area contributed by atoms with Gasteiger partial charge in [-0.1, -0.05) is 18.7 Å². The van der Waals surface area contributed by atoms with Gasteiger partial charge in [0.05, 0.1) is 31.6 Å². The maximum Gasteiger partial charge on any atom is 0.246 e. The van der Waals surface area contributed by atoms with Gasteiger partial charge in [-0.15, -0.1) is 10.2 Å². The van der Waals surface area contributed by atoms with Gasteiger partial charge in [-0.2, -0.15) is 0 Å². The van der Waals surface area contributed by atoms with Crippen LogP contribution in [0.5, 0.6) is 5.75 Å². The van der Waals surface area contributed by atoms with Crippen LogP contribution in [0.3, 0.4) is 0 Å². The first-order chi connectivity index (χ1) is 15.2. The summed E-state index contributed by atoms with van der Waals surface area (Å²) in [6, 6.07) is 8.76. The van der Waals surface area contributed by atoms with E-state index in [0.717, 1.165) is 23.1 Å². The molecule has 2 saturated heterocycles. The molecule has 1 amide bonds. The third-order valence-electron chi connectivity index (χ3n) is 6.06. The molecule has 0 aliphatic carbocycles. The lowest BCUT2D eigenvalue weighted by Gasteiger charge is -2.35. The monoisotopic (exact) mass is 420 g/mol. The van der Waals surface area contributed by atoms with E-state index in [1.165, 1.54) is 6.08 Å². The van der Waals surface area contributed by atoms with Gasteiger partial charge >= 0.3 is 0 Å². The predicted molar refractivity (Wildman–Crippen MR) is 115 cm³/mol. The number of hydrogen-bond acceptors (Lipinski definition) is 6. The molecule has 5 rings (SSSR count). The number of ether oxygens (including phenoxy) is 2. The first kappa shape index (κ1) is 19.7. The summed E-state index contributed by atoms with van der Waals surface area (Å²) in [5.74, 6) is 0.204. The van der Waals surface area contributed by atoms with E-state index in [-0.39, 0.29) is 23.6 Å². The standard InChI is InChI=1S/C23H24N4O4/c1-2-20(29)27-8-10-31-13-18(27)22-21(14-7-9-30-12-14)16-11-17(25-26-23(16)24-22)15-5-3-4-6-19(15)28/h2-6,11,14,18,28H,1,7-10,12-13H2,(H,24,26). The second kappa shape index (κ2) is 8.13. The van der Waals surface area contributed by atoms with Crippen LogP contribution in [-0.2, 0) is 14.3 Å². The van der Waals surface area contributed by atoms with Crippen LogP contribution >= 0.6 is 0 Å². The van der Waals surface area contributed by atoms with Gasteiger partial charge in [0.25, 0.3) is 0 Å². The van der Waals surface area contributed by atoms with Gasteiger partial charge in [0.15, 0.2) is 5.65 Å². The number of nitrogens with one attached hydrogen (secondary N) is 1. The highest BCUT2D eigenvalue weighted by molar-refractivity contribution is 5.89. The Bertz CT molecular complexity index is 1140. The highest BCUT2D eigenvalue weighted by Gasteiger charge is 2.34. The molecule has 3 aromatic rings. The molecule has 31 heavy (non-hydrogen) atoms. The minimum absolute atomic E-state index is 0.124. The van der Waals surface area contributed by atoms with Crippen LogP contribution in [0.4, 0.5) is 0 Å². The zero-order valence-electron chi connectivity index (χ0n) is 17.1. The molecule has 1 aromatic carbocycles. The average Bonchev–Trinajstić information content (AvgIpc) is 3.46. The number of rotatable bonds is 4. The Hall–Kier alpha value is -3.23. The Labute approximate surface area is 179 Å². The molecular weight excluding hydrogens is 396 g/mol. The molecule has 2 N–H and O–H groups in total. The lowest BCUT2D eigenvalue weighted by molar-refractivity contribution is -0.135. The number of morpholine rings is 1. The highest BCUT2D eigenvalue weighted by atomic mass is 16.5. The fraction of sp³-hybridized carbons (Fsp3) is 0.348. The molecular formula is C23H24N4O4. The SMILES string of the molecule is C=CC(=O)N1CCOCC1c1[nH]c2nnc(-c3ccccc3O)cc2c1C1CCOC1. The number of H-pyrrole nitrogens is 1. The number of benzene rings is 1. The molecule has 2 unspecified atom stereocenters. The normalized spacial score (nSPS) is 21.5. The van der Waals surface area contributed by atoms with Crippen LogP contribution in [-0.4, -0.2) is 64.1 Å². The maximum atomic E-state index is 12.5. The molecule has 2 aromatic heterocycles. The quantitative estimate of drug-likeness (QED) is 0.630. The molecule has 0 saturated carbocycles. The maximum absolute atomic E-state index is 12.5. The van der Waals surface area contributed by atoms with Gasteiger partial charge in [0, 0.05) is 35.7 Å². The lowest BCUT2D eigenvalue weighted by atomic mass is 9.92. The minimum Gasteiger partial charge on any atom is -0.507 e. The largest absolute Gasteiger partial charge is 0.507 e. The van der Waals surface area contributed by atoms with Crippen LogP contribution in [0.2, 0.25) is 0 Å². The highest BCUT2D eigenvalue weighted by Crippen LogP contribution is 2.40. The lowest BCUT2D eigenvalue weighted by Crippen LogP contribution is -2.43. The number of aromatic amines is 1. The Morgan fingerprint density at radius 2 is 2.06 bits per heavy atom. The topological polar surface area (TPSA) is 101 Å². The molecule has 2 aliphatic rings. The van der Waals surface area contributed by atoms with Crippen molar-refractivity contribution < 1.29 is 19.4 Å². The number of hydrogen-bond donors (Lipinski definition) is 2. The van der Waals surface area contributed by atoms with Gasteiger partial charge in [0.2, 0.25) is 5.91 Å². The smallest absolute Gasteiger partial charge is 0.246 e. The number of nitrogens with zero attached hydrogens (tertiary/aromatic N) is 3. The summed E-state index contributed by atoms with van der Waals surface area (Å²) in [6.07, 6.45) is 2.23. The Balaban J connectivity index is 1.67. The van der Waals surface area contributed by atoms with Crippen molar-refractivity contribution in [1.82, 2.24) is 20.1 Å². The zero-order chi connectivity index (χ0) is 21.4. The Morgan fingerprint density at radius 1 is 1.23 bits per heavy atom. The summed E-state index contributed by atoms with van der Waals surface area (Å²) in [6.45, 7) is 6.34. The average molecular weight is 420 g/mol. The molecule has 0 spiro atoms. The summed E-state index contributed by atoms with van der Waals surface area (Å²) in [5.41, 5.74) is 3.85. The number of carbonyl (C=O) groups is 1. The van der Waals surface area contributed by atoms with E-state index in [0.29, 0.717) is 49.9 Å². The van der Waals surface area contributed by atoms with Crippen LogP contribution in [0.25, 0.3) is 22.3 Å². The van der Waals surface area contributed by atoms with Crippen LogP contribution < -0.4 is 0 Å². The van der Waals surface area contributed by atoms with E-state index in [2.05, 4.69) is 21.8 Å². The third-order valence-corrected chi connectivity index (χ3v) is 6.06. The van der Waals surface area contributed by atoms with Crippen molar-refractivity contribution in [3.8, 4) is 17.0 Å². The summed E-state index contributed by atoms with van der Waals surface area (Å²) in [4.78, 5) is 17.7. The minimum atomic E-state index is -0.266. The van der Waals surface area contributed by atoms with E-state index >= 15 is 0 Å². The fourth-order valence-electron chi connectivity index (χ4n) is 4.54. The number of fused-ring (bicyclic) bond motifs is 1. The number of para-hydroxylation sites is 1. The molecule has 160 valence electrons. The molecule has 2 aliphatic heterocycles. The second-order valence-electron chi connectivity index (χ2n) is 7.85. The first-order valence-corrected chi connectivity index (χ1v) is 10.4. The van der Waals surface area contributed by atoms with Gasteiger partial charge in [-0.3, -0.25) is 4.79 Å². The number of amides is 1. The van der Waals surface area contributed by atoms with Crippen molar-refractivity contribution in [2.75, 3.05) is 33.0 Å². The molecule has 2 atom stereocenters. The summed E-state index contributed by atoms with van der Waals surface area (Å²) in [5, 5.41) is 20.0. The molecule has 0 bridgehead atoms. The van der Waals surface area contributed by atoms with Crippen LogP contribution in [0, 0.1) is 0 Å². The van der Waals surface area contributed by atoms with Crippen molar-refractivity contribution in [2.24, 2.45) is 0 Å². The second-order valence-corrected chi connectivity index (χ2v) is 7.85. The van der Waals surface area contributed by atoms with Crippen molar-refractivity contribution >= 4 is 16.9 Å². The zero-order valence-corrected chi connectivity index (χ0v) is 17.1. The Kier molecular flexibility index (Phi) is 5.17. The number of aromatic hydroxyl groups is 1. The predicted octanol–water partition coefficient (Wildman–Crippen LogP) is 2.92. The summed E-state index contributed by atoms with van der Waals surface area (Å²) >= 11 is 0. The van der Waals surface area contributed by atoms with Crippen molar-refractivity contribution in [1.29, 1.82) is 0 Å².